The van der Waals surface area contributed by atoms with Crippen LogP contribution in [0.15, 0.2) is 42.5 Å². The summed E-state index contributed by atoms with van der Waals surface area (Å²) in [6.07, 6.45) is 7.77. The Morgan fingerprint density at radius 2 is 2.15 bits per heavy atom. The predicted octanol–water partition coefficient (Wildman–Crippen LogP) is 4.26. The molecular weight excluding hydrogens is 359 g/mol. The first kappa shape index (κ1) is 19.4. The summed E-state index contributed by atoms with van der Waals surface area (Å²) in [5.74, 6) is 2.00. The summed E-state index contributed by atoms with van der Waals surface area (Å²) in [5, 5.41) is 0.289. The fourth-order valence-electron chi connectivity index (χ4n) is 2.08. The number of benzene rings is 2. The van der Waals surface area contributed by atoms with Crippen LogP contribution in [0, 0.1) is 18.2 Å². The molecule has 0 saturated carbocycles. The van der Waals surface area contributed by atoms with E-state index in [2.05, 4.69) is 5.92 Å². The van der Waals surface area contributed by atoms with Gasteiger partial charge in [0.25, 0.3) is 0 Å². The van der Waals surface area contributed by atoms with Crippen LogP contribution in [-0.4, -0.2) is 19.7 Å². The highest BCUT2D eigenvalue weighted by Gasteiger charge is 2.12. The van der Waals surface area contributed by atoms with E-state index in [4.69, 9.17) is 32.2 Å². The summed E-state index contributed by atoms with van der Waals surface area (Å²) in [7, 11) is 1.47. The van der Waals surface area contributed by atoms with Gasteiger partial charge in [0.2, 0.25) is 0 Å². The smallest absolute Gasteiger partial charge is 0.331 e. The van der Waals surface area contributed by atoms with Gasteiger partial charge in [-0.1, -0.05) is 29.7 Å². The molecule has 26 heavy (non-hydrogen) atoms. The van der Waals surface area contributed by atoms with Gasteiger partial charge in [0.05, 0.1) is 12.1 Å². The van der Waals surface area contributed by atoms with Crippen LogP contribution < -0.4 is 9.47 Å². The van der Waals surface area contributed by atoms with Crippen LogP contribution in [0.1, 0.15) is 11.1 Å². The van der Waals surface area contributed by atoms with Crippen molar-refractivity contribution in [2.45, 2.75) is 6.61 Å². The number of methoxy groups -OCH3 is 1. The molecule has 0 aromatic heterocycles. The van der Waals surface area contributed by atoms with Gasteiger partial charge in [-0.3, -0.25) is 0 Å². The molecule has 0 fully saturated rings. The molecule has 0 aliphatic rings. The van der Waals surface area contributed by atoms with Crippen molar-refractivity contribution in [2.75, 3.05) is 13.7 Å². The summed E-state index contributed by atoms with van der Waals surface area (Å²) in [4.78, 5) is 11.4. The summed E-state index contributed by atoms with van der Waals surface area (Å²) in [5.41, 5.74) is 1.27. The van der Waals surface area contributed by atoms with Gasteiger partial charge in [-0.25, -0.2) is 9.18 Å². The molecule has 0 heterocycles. The molecule has 134 valence electrons. The molecule has 0 aliphatic carbocycles. The lowest BCUT2D eigenvalue weighted by atomic mass is 10.2. The van der Waals surface area contributed by atoms with Crippen LogP contribution in [0.5, 0.6) is 11.5 Å². The maximum absolute atomic E-state index is 13.2. The third-order valence-corrected chi connectivity index (χ3v) is 3.51. The second kappa shape index (κ2) is 9.50. The molecule has 6 heteroatoms. The van der Waals surface area contributed by atoms with Gasteiger partial charge in [0, 0.05) is 6.08 Å². The van der Waals surface area contributed by atoms with Gasteiger partial charge in [0.15, 0.2) is 18.1 Å². The molecule has 0 radical (unpaired) electrons. The van der Waals surface area contributed by atoms with Crippen molar-refractivity contribution in [1.82, 2.24) is 0 Å². The Kier molecular flexibility index (Phi) is 7.07. The summed E-state index contributed by atoms with van der Waals surface area (Å²) in [6.45, 7) is 0.0293. The SMILES string of the molecule is C#CCOC(=O)/C=C/c1cc(Cl)c(OCc2cccc(F)c2)c(OC)c1. The minimum Gasteiger partial charge on any atom is -0.493 e. The predicted molar refractivity (Wildman–Crippen MR) is 97.6 cm³/mol. The topological polar surface area (TPSA) is 44.8 Å². The average Bonchev–Trinajstić information content (AvgIpc) is 2.63. The zero-order valence-corrected chi connectivity index (χ0v) is 14.8. The zero-order chi connectivity index (χ0) is 18.9. The Balaban J connectivity index is 2.14. The minimum atomic E-state index is -0.565. The van der Waals surface area contributed by atoms with E-state index in [1.165, 1.54) is 31.4 Å². The third kappa shape index (κ3) is 5.54. The Labute approximate surface area is 156 Å². The lowest BCUT2D eigenvalue weighted by Gasteiger charge is -2.13. The number of ether oxygens (including phenoxy) is 3. The first-order chi connectivity index (χ1) is 12.5. The quantitative estimate of drug-likeness (QED) is 0.413. The standard InChI is InChI=1S/C20H16ClFO4/c1-3-9-25-19(23)8-7-14-11-17(21)20(18(12-14)24-2)26-13-15-5-4-6-16(22)10-15/h1,4-8,10-12H,9,13H2,2H3/b8-7+. The number of hydrogen-bond acceptors (Lipinski definition) is 4. The van der Waals surface area contributed by atoms with Gasteiger partial charge < -0.3 is 14.2 Å². The summed E-state index contributed by atoms with van der Waals surface area (Å²) in [6, 6.07) is 9.32. The van der Waals surface area contributed by atoms with Crippen LogP contribution in [0.3, 0.4) is 0 Å². The van der Waals surface area contributed by atoms with Crippen LogP contribution >= 0.6 is 11.6 Å². The number of hydrogen-bond donors (Lipinski definition) is 0. The summed E-state index contributed by atoms with van der Waals surface area (Å²) >= 11 is 6.25. The first-order valence-corrected chi connectivity index (χ1v) is 7.94. The van der Waals surface area contributed by atoms with Crippen molar-refractivity contribution in [3.8, 4) is 23.8 Å². The molecule has 0 aliphatic heterocycles. The minimum absolute atomic E-state index is 0.0971. The van der Waals surface area contributed by atoms with Gasteiger partial charge in [-0.05, 0) is 41.5 Å². The molecule has 4 nitrogen and oxygen atoms in total. The van der Waals surface area contributed by atoms with Gasteiger partial charge in [0.1, 0.15) is 12.4 Å². The Bertz CT molecular complexity index is 855. The Morgan fingerprint density at radius 3 is 2.85 bits per heavy atom. The average molecular weight is 375 g/mol. The second-order valence-corrected chi connectivity index (χ2v) is 5.51. The maximum atomic E-state index is 13.2. The number of carbonyl (C=O) groups is 1. The molecule has 0 saturated heterocycles. The number of esters is 1. The van der Waals surface area contributed by atoms with E-state index in [9.17, 15) is 9.18 Å². The largest absolute Gasteiger partial charge is 0.493 e. The fourth-order valence-corrected chi connectivity index (χ4v) is 2.36. The van der Waals surface area contributed by atoms with E-state index < -0.39 is 5.97 Å². The number of rotatable bonds is 7. The van der Waals surface area contributed by atoms with E-state index in [0.29, 0.717) is 22.6 Å². The second-order valence-electron chi connectivity index (χ2n) is 5.10. The molecule has 0 N–H and O–H groups in total. The molecular formula is C20H16ClFO4. The van der Waals surface area contributed by atoms with Crippen molar-refractivity contribution >= 4 is 23.6 Å². The van der Waals surface area contributed by atoms with E-state index in [-0.39, 0.29) is 24.1 Å². The highest BCUT2D eigenvalue weighted by Crippen LogP contribution is 2.37. The van der Waals surface area contributed by atoms with Crippen molar-refractivity contribution in [2.24, 2.45) is 0 Å². The summed E-state index contributed by atoms with van der Waals surface area (Å²) < 4.78 is 28.9. The van der Waals surface area contributed by atoms with Crippen LogP contribution in [0.2, 0.25) is 5.02 Å². The first-order valence-electron chi connectivity index (χ1n) is 7.56. The molecule has 2 aromatic rings. The highest BCUT2D eigenvalue weighted by atomic mass is 35.5. The van der Waals surface area contributed by atoms with Crippen molar-refractivity contribution in [3.05, 3.63) is 64.4 Å². The molecule has 0 unspecified atom stereocenters. The lowest BCUT2D eigenvalue weighted by molar-refractivity contribution is -0.136. The third-order valence-electron chi connectivity index (χ3n) is 3.23. The van der Waals surface area contributed by atoms with Crippen molar-refractivity contribution in [3.63, 3.8) is 0 Å². The Morgan fingerprint density at radius 1 is 1.35 bits per heavy atom. The Hall–Kier alpha value is -2.97. The number of terminal acetylenes is 1. The lowest BCUT2D eigenvalue weighted by Crippen LogP contribution is -2.00. The normalized spacial score (nSPS) is 10.4. The number of carbonyl (C=O) groups excluding carboxylic acids is 1. The van der Waals surface area contributed by atoms with E-state index in [0.717, 1.165) is 0 Å². The van der Waals surface area contributed by atoms with Gasteiger partial charge >= 0.3 is 5.97 Å². The maximum Gasteiger partial charge on any atom is 0.331 e. The molecule has 0 atom stereocenters. The van der Waals surface area contributed by atoms with Crippen LogP contribution in [0.4, 0.5) is 4.39 Å². The van der Waals surface area contributed by atoms with E-state index in [1.807, 2.05) is 0 Å². The van der Waals surface area contributed by atoms with Gasteiger partial charge in [-0.2, -0.15) is 0 Å². The van der Waals surface area contributed by atoms with Crippen molar-refractivity contribution < 1.29 is 23.4 Å². The molecule has 0 amide bonds. The van der Waals surface area contributed by atoms with E-state index >= 15 is 0 Å². The van der Waals surface area contributed by atoms with Crippen molar-refractivity contribution in [1.29, 1.82) is 0 Å². The van der Waals surface area contributed by atoms with Crippen LogP contribution in [-0.2, 0) is 16.1 Å². The molecule has 2 rings (SSSR count). The van der Waals surface area contributed by atoms with Gasteiger partial charge in [-0.15, -0.1) is 6.42 Å². The monoisotopic (exact) mass is 374 g/mol. The fraction of sp³-hybridized carbons (Fsp3) is 0.150. The molecule has 0 spiro atoms. The molecule has 2 aromatic carbocycles. The zero-order valence-electron chi connectivity index (χ0n) is 14.0. The highest BCUT2D eigenvalue weighted by molar-refractivity contribution is 6.32. The number of halogens is 2. The van der Waals surface area contributed by atoms with E-state index in [1.54, 1.807) is 24.3 Å². The van der Waals surface area contributed by atoms with Crippen LogP contribution in [0.25, 0.3) is 6.08 Å². The molecule has 0 bridgehead atoms.